The van der Waals surface area contributed by atoms with Crippen molar-refractivity contribution in [3.8, 4) is 0 Å². The Bertz CT molecular complexity index is 597. The van der Waals surface area contributed by atoms with Gasteiger partial charge in [0.15, 0.2) is 5.78 Å². The SMILES string of the molecule is CCCCC(CCC)n1ccc2cc(C(=O)CC)ccc21. The predicted octanol–water partition coefficient (Wildman–Crippen LogP) is 5.77. The zero-order valence-corrected chi connectivity index (χ0v) is 13.6. The summed E-state index contributed by atoms with van der Waals surface area (Å²) < 4.78 is 2.41. The number of carbonyl (C=O) groups is 1. The van der Waals surface area contributed by atoms with Crippen LogP contribution in [-0.4, -0.2) is 10.4 Å². The second kappa shape index (κ2) is 7.44. The van der Waals surface area contributed by atoms with Crippen molar-refractivity contribution < 1.29 is 4.79 Å². The van der Waals surface area contributed by atoms with E-state index in [0.717, 1.165) is 5.56 Å². The van der Waals surface area contributed by atoms with Gasteiger partial charge in [0, 0.05) is 35.1 Å². The predicted molar refractivity (Wildman–Crippen MR) is 90.0 cm³/mol. The largest absolute Gasteiger partial charge is 0.344 e. The lowest BCUT2D eigenvalue weighted by Crippen LogP contribution is -2.07. The van der Waals surface area contributed by atoms with Gasteiger partial charge >= 0.3 is 0 Å². The number of nitrogens with zero attached hydrogens (tertiary/aromatic N) is 1. The van der Waals surface area contributed by atoms with E-state index >= 15 is 0 Å². The van der Waals surface area contributed by atoms with Crippen molar-refractivity contribution in [2.45, 2.75) is 65.3 Å². The Morgan fingerprint density at radius 3 is 2.57 bits per heavy atom. The fourth-order valence-electron chi connectivity index (χ4n) is 3.06. The fraction of sp³-hybridized carbons (Fsp3) is 0.526. The lowest BCUT2D eigenvalue weighted by molar-refractivity contribution is 0.0988. The molecule has 0 fully saturated rings. The standard InChI is InChI=1S/C19H27NO/c1-4-7-9-17(8-5-2)20-13-12-15-14-16(19(21)6-3)10-11-18(15)20/h10-14,17H,4-9H2,1-3H3. The molecule has 0 spiro atoms. The molecule has 0 N–H and O–H groups in total. The Labute approximate surface area is 128 Å². The minimum absolute atomic E-state index is 0.223. The number of unbranched alkanes of at least 4 members (excludes halogenated alkanes) is 1. The summed E-state index contributed by atoms with van der Waals surface area (Å²) >= 11 is 0. The van der Waals surface area contributed by atoms with E-state index in [4.69, 9.17) is 0 Å². The molecular weight excluding hydrogens is 258 g/mol. The average Bonchev–Trinajstić information content (AvgIpc) is 2.93. The molecule has 2 rings (SSSR count). The van der Waals surface area contributed by atoms with Crippen molar-refractivity contribution in [3.63, 3.8) is 0 Å². The van der Waals surface area contributed by atoms with Gasteiger partial charge in [-0.2, -0.15) is 0 Å². The maximum absolute atomic E-state index is 11.8. The third-order valence-corrected chi connectivity index (χ3v) is 4.27. The van der Waals surface area contributed by atoms with Crippen LogP contribution >= 0.6 is 0 Å². The van der Waals surface area contributed by atoms with E-state index < -0.39 is 0 Å². The minimum Gasteiger partial charge on any atom is -0.344 e. The second-order valence-electron chi connectivity index (χ2n) is 5.86. The van der Waals surface area contributed by atoms with Gasteiger partial charge in [0.05, 0.1) is 0 Å². The number of fused-ring (bicyclic) bond motifs is 1. The summed E-state index contributed by atoms with van der Waals surface area (Å²) in [5.41, 5.74) is 2.10. The number of rotatable bonds is 8. The molecule has 0 radical (unpaired) electrons. The van der Waals surface area contributed by atoms with Gasteiger partial charge in [0.2, 0.25) is 0 Å². The van der Waals surface area contributed by atoms with Crippen LogP contribution in [0.15, 0.2) is 30.5 Å². The molecule has 0 saturated heterocycles. The quantitative estimate of drug-likeness (QED) is 0.565. The first kappa shape index (κ1) is 15.8. The van der Waals surface area contributed by atoms with Crippen molar-refractivity contribution in [3.05, 3.63) is 36.0 Å². The lowest BCUT2D eigenvalue weighted by atomic mass is 10.0. The third kappa shape index (κ3) is 3.55. The van der Waals surface area contributed by atoms with Crippen LogP contribution in [0.5, 0.6) is 0 Å². The minimum atomic E-state index is 0.223. The Kier molecular flexibility index (Phi) is 5.60. The molecule has 0 aliphatic rings. The molecule has 1 atom stereocenters. The van der Waals surface area contributed by atoms with Crippen LogP contribution in [-0.2, 0) is 0 Å². The summed E-state index contributed by atoms with van der Waals surface area (Å²) in [6.07, 6.45) is 8.96. The van der Waals surface area contributed by atoms with Crippen LogP contribution in [0.2, 0.25) is 0 Å². The summed E-state index contributed by atoms with van der Waals surface area (Å²) in [6, 6.07) is 8.87. The third-order valence-electron chi connectivity index (χ3n) is 4.27. The second-order valence-corrected chi connectivity index (χ2v) is 5.86. The molecule has 1 heterocycles. The summed E-state index contributed by atoms with van der Waals surface area (Å²) in [6.45, 7) is 6.42. The number of hydrogen-bond donors (Lipinski definition) is 0. The van der Waals surface area contributed by atoms with Gasteiger partial charge in [-0.05, 0) is 37.1 Å². The normalized spacial score (nSPS) is 12.7. The molecule has 0 aliphatic carbocycles. The average molecular weight is 285 g/mol. The first-order valence-corrected chi connectivity index (χ1v) is 8.35. The number of hydrogen-bond acceptors (Lipinski definition) is 1. The molecule has 114 valence electrons. The summed E-state index contributed by atoms with van der Waals surface area (Å²) in [4.78, 5) is 11.8. The molecule has 1 aromatic heterocycles. The van der Waals surface area contributed by atoms with Crippen molar-refractivity contribution in [2.24, 2.45) is 0 Å². The molecule has 21 heavy (non-hydrogen) atoms. The molecule has 0 bridgehead atoms. The number of aromatic nitrogens is 1. The number of Topliss-reactive ketones (excluding diaryl/α,β-unsaturated/α-hetero) is 1. The van der Waals surface area contributed by atoms with E-state index in [0.29, 0.717) is 12.5 Å². The first-order chi connectivity index (χ1) is 10.2. The number of benzene rings is 1. The van der Waals surface area contributed by atoms with Crippen molar-refractivity contribution in [1.29, 1.82) is 0 Å². The van der Waals surface area contributed by atoms with Gasteiger partial charge in [0.1, 0.15) is 0 Å². The molecule has 1 unspecified atom stereocenters. The van der Waals surface area contributed by atoms with E-state index in [1.54, 1.807) is 0 Å². The Morgan fingerprint density at radius 1 is 1.10 bits per heavy atom. The van der Waals surface area contributed by atoms with E-state index in [9.17, 15) is 4.79 Å². The van der Waals surface area contributed by atoms with Crippen LogP contribution in [0.25, 0.3) is 10.9 Å². The maximum Gasteiger partial charge on any atom is 0.162 e. The Morgan fingerprint density at radius 2 is 1.90 bits per heavy atom. The summed E-state index contributed by atoms with van der Waals surface area (Å²) in [7, 11) is 0. The molecule has 0 aliphatic heterocycles. The van der Waals surface area contributed by atoms with Gasteiger partial charge in [-0.1, -0.05) is 40.0 Å². The first-order valence-electron chi connectivity index (χ1n) is 8.35. The van der Waals surface area contributed by atoms with Crippen LogP contribution in [0.3, 0.4) is 0 Å². The van der Waals surface area contributed by atoms with Gasteiger partial charge in [0.25, 0.3) is 0 Å². The monoisotopic (exact) mass is 285 g/mol. The Hall–Kier alpha value is -1.57. The smallest absolute Gasteiger partial charge is 0.162 e. The number of carbonyl (C=O) groups excluding carboxylic acids is 1. The zero-order valence-electron chi connectivity index (χ0n) is 13.6. The van der Waals surface area contributed by atoms with Gasteiger partial charge < -0.3 is 4.57 Å². The van der Waals surface area contributed by atoms with E-state index in [1.807, 2.05) is 19.1 Å². The summed E-state index contributed by atoms with van der Waals surface area (Å²) in [5.74, 6) is 0.223. The highest BCUT2D eigenvalue weighted by atomic mass is 16.1. The van der Waals surface area contributed by atoms with Crippen molar-refractivity contribution >= 4 is 16.7 Å². The van der Waals surface area contributed by atoms with E-state index in [-0.39, 0.29) is 5.78 Å². The fourth-order valence-corrected chi connectivity index (χ4v) is 3.06. The van der Waals surface area contributed by atoms with Crippen molar-refractivity contribution in [1.82, 2.24) is 4.57 Å². The van der Waals surface area contributed by atoms with Gasteiger partial charge in [-0.15, -0.1) is 0 Å². The van der Waals surface area contributed by atoms with Crippen LogP contribution < -0.4 is 0 Å². The molecule has 1 aromatic carbocycles. The molecule has 2 aromatic rings. The van der Waals surface area contributed by atoms with Crippen molar-refractivity contribution in [2.75, 3.05) is 0 Å². The van der Waals surface area contributed by atoms with Crippen LogP contribution in [0.1, 0.15) is 75.7 Å². The molecule has 2 heteroatoms. The Balaban J connectivity index is 2.33. The van der Waals surface area contributed by atoms with Crippen LogP contribution in [0.4, 0.5) is 0 Å². The van der Waals surface area contributed by atoms with Gasteiger partial charge in [-0.25, -0.2) is 0 Å². The molecule has 0 saturated carbocycles. The highest BCUT2D eigenvalue weighted by Crippen LogP contribution is 2.27. The summed E-state index contributed by atoms with van der Waals surface area (Å²) in [5, 5.41) is 1.19. The highest BCUT2D eigenvalue weighted by Gasteiger charge is 2.13. The number of ketones is 1. The topological polar surface area (TPSA) is 22.0 Å². The highest BCUT2D eigenvalue weighted by molar-refractivity contribution is 5.99. The van der Waals surface area contributed by atoms with E-state index in [1.165, 1.54) is 43.0 Å². The van der Waals surface area contributed by atoms with E-state index in [2.05, 4.69) is 36.7 Å². The maximum atomic E-state index is 11.8. The molecule has 0 amide bonds. The van der Waals surface area contributed by atoms with Crippen LogP contribution in [0, 0.1) is 0 Å². The van der Waals surface area contributed by atoms with Gasteiger partial charge in [-0.3, -0.25) is 4.79 Å². The molecule has 2 nitrogen and oxygen atoms in total. The zero-order chi connectivity index (χ0) is 15.2. The lowest BCUT2D eigenvalue weighted by Gasteiger charge is -2.19. The molecular formula is C19H27NO.